The zero-order valence-electron chi connectivity index (χ0n) is 20.2. The van der Waals surface area contributed by atoms with Crippen LogP contribution in [0.3, 0.4) is 0 Å². The van der Waals surface area contributed by atoms with Crippen molar-refractivity contribution in [3.63, 3.8) is 0 Å². The van der Waals surface area contributed by atoms with Crippen LogP contribution in [0.4, 0.5) is 0 Å². The molecule has 0 N–H and O–H groups in total. The van der Waals surface area contributed by atoms with Crippen LogP contribution in [-0.2, 0) is 15.6 Å². The number of hydroxylamine groups is 1. The first-order valence-corrected chi connectivity index (χ1v) is 10.8. The van der Waals surface area contributed by atoms with Crippen molar-refractivity contribution in [3.8, 4) is 5.75 Å². The highest BCUT2D eigenvalue weighted by molar-refractivity contribution is 5.79. The Labute approximate surface area is 177 Å². The van der Waals surface area contributed by atoms with Crippen LogP contribution in [0, 0.1) is 5.21 Å². The highest BCUT2D eigenvalue weighted by Gasteiger charge is 2.30. The van der Waals surface area contributed by atoms with Crippen LogP contribution in [0.5, 0.6) is 5.75 Å². The van der Waals surface area contributed by atoms with Gasteiger partial charge in [0.2, 0.25) is 0 Å². The molecule has 0 fully saturated rings. The monoisotopic (exact) mass is 403 g/mol. The molecule has 0 aliphatic heterocycles. The Balaban J connectivity index is 3.58. The second-order valence-corrected chi connectivity index (χ2v) is 10.8. The Morgan fingerprint density at radius 2 is 1.48 bits per heavy atom. The maximum absolute atomic E-state index is 13.0. The van der Waals surface area contributed by atoms with Gasteiger partial charge in [0, 0.05) is 43.9 Å². The lowest BCUT2D eigenvalue weighted by atomic mass is 9.78. The van der Waals surface area contributed by atoms with Gasteiger partial charge in [-0.05, 0) is 29.4 Å². The molecule has 4 heteroatoms. The number of carbonyl (C=O) groups excluding carboxylic acids is 1. The van der Waals surface area contributed by atoms with E-state index in [2.05, 4.69) is 48.5 Å². The molecule has 1 aromatic rings. The number of hydrogen-bond donors (Lipinski definition) is 0. The van der Waals surface area contributed by atoms with Crippen molar-refractivity contribution in [3.05, 3.63) is 34.0 Å². The van der Waals surface area contributed by atoms with Gasteiger partial charge in [-0.1, -0.05) is 61.3 Å². The van der Waals surface area contributed by atoms with E-state index < -0.39 is 5.54 Å². The predicted molar refractivity (Wildman–Crippen MR) is 122 cm³/mol. The summed E-state index contributed by atoms with van der Waals surface area (Å²) in [5.41, 5.74) is 1.77. The summed E-state index contributed by atoms with van der Waals surface area (Å²) in [5.74, 6) is 0.287. The molecule has 1 aromatic carbocycles. The number of rotatable bonds is 7. The summed E-state index contributed by atoms with van der Waals surface area (Å²) in [4.78, 5) is 11.8. The van der Waals surface area contributed by atoms with Crippen LogP contribution >= 0.6 is 0 Å². The van der Waals surface area contributed by atoms with E-state index in [0.717, 1.165) is 47.1 Å². The standard InChI is InChI=1S/C25H41NO3/c1-11-12-13-14-25(9,10)26(28)17-19-15-20(23(3,4)5)22(29-18(2)27)21(16-19)24(6,7)8/h15-17H,11-14H2,1-10H3. The first-order valence-electron chi connectivity index (χ1n) is 10.8. The van der Waals surface area contributed by atoms with Crippen LogP contribution in [0.25, 0.3) is 0 Å². The van der Waals surface area contributed by atoms with Crippen LogP contribution in [-0.4, -0.2) is 22.5 Å². The zero-order chi connectivity index (χ0) is 22.6. The lowest BCUT2D eigenvalue weighted by Crippen LogP contribution is -2.33. The largest absolute Gasteiger partial charge is 0.623 e. The van der Waals surface area contributed by atoms with Crippen LogP contribution in [0.15, 0.2) is 12.1 Å². The van der Waals surface area contributed by atoms with E-state index in [1.54, 1.807) is 6.21 Å². The summed E-state index contributed by atoms with van der Waals surface area (Å²) >= 11 is 0. The average molecular weight is 404 g/mol. The Morgan fingerprint density at radius 3 is 1.86 bits per heavy atom. The fourth-order valence-electron chi connectivity index (χ4n) is 3.32. The molecule has 164 valence electrons. The average Bonchev–Trinajstić information content (AvgIpc) is 2.53. The minimum absolute atomic E-state index is 0.237. The lowest BCUT2D eigenvalue weighted by Gasteiger charge is -2.30. The van der Waals surface area contributed by atoms with Crippen LogP contribution in [0.2, 0.25) is 0 Å². The fraction of sp³-hybridized carbons (Fsp3) is 0.680. The molecule has 0 atom stereocenters. The van der Waals surface area contributed by atoms with Crippen LogP contribution < -0.4 is 4.74 Å². The molecule has 0 bridgehead atoms. The Kier molecular flexibility index (Phi) is 8.09. The van der Waals surface area contributed by atoms with E-state index >= 15 is 0 Å². The molecule has 0 radical (unpaired) electrons. The third-order valence-corrected chi connectivity index (χ3v) is 5.23. The van der Waals surface area contributed by atoms with E-state index in [-0.39, 0.29) is 16.8 Å². The minimum atomic E-state index is -0.465. The van der Waals surface area contributed by atoms with E-state index in [1.807, 2.05) is 26.0 Å². The number of nitrogens with zero attached hydrogens (tertiary/aromatic N) is 1. The quantitative estimate of drug-likeness (QED) is 0.0993. The third-order valence-electron chi connectivity index (χ3n) is 5.23. The second-order valence-electron chi connectivity index (χ2n) is 10.8. The van der Waals surface area contributed by atoms with Gasteiger partial charge in [-0.2, -0.15) is 0 Å². The maximum Gasteiger partial charge on any atom is 0.308 e. The van der Waals surface area contributed by atoms with Gasteiger partial charge < -0.3 is 9.94 Å². The highest BCUT2D eigenvalue weighted by Crippen LogP contribution is 2.40. The first kappa shape index (κ1) is 25.2. The third kappa shape index (κ3) is 7.17. The molecule has 0 aliphatic carbocycles. The summed E-state index contributed by atoms with van der Waals surface area (Å²) in [6.45, 7) is 20.1. The molecule has 29 heavy (non-hydrogen) atoms. The van der Waals surface area contributed by atoms with Crippen molar-refractivity contribution in [2.24, 2.45) is 0 Å². The number of ether oxygens (including phenoxy) is 1. The van der Waals surface area contributed by atoms with Gasteiger partial charge >= 0.3 is 5.97 Å². The van der Waals surface area contributed by atoms with Crippen molar-refractivity contribution >= 4 is 12.2 Å². The maximum atomic E-state index is 13.0. The second kappa shape index (κ2) is 9.32. The Bertz CT molecular complexity index is 711. The SMILES string of the molecule is CCCCCC(C)(C)[N+]([O-])=Cc1cc(C(C)(C)C)c(OC(C)=O)c(C(C)(C)C)c1. The molecule has 0 aliphatic rings. The molecular formula is C25H41NO3. The van der Waals surface area contributed by atoms with Crippen molar-refractivity contribution in [2.75, 3.05) is 0 Å². The lowest BCUT2D eigenvalue weighted by molar-refractivity contribution is -0.537. The van der Waals surface area contributed by atoms with Crippen molar-refractivity contribution < 1.29 is 14.3 Å². The number of hydrogen-bond acceptors (Lipinski definition) is 3. The molecule has 0 amide bonds. The summed E-state index contributed by atoms with van der Waals surface area (Å²) in [6.07, 6.45) is 5.86. The smallest absolute Gasteiger partial charge is 0.308 e. The number of carbonyl (C=O) groups is 1. The summed E-state index contributed by atoms with van der Waals surface area (Å²) in [6, 6.07) is 3.97. The molecule has 0 spiro atoms. The molecule has 0 saturated heterocycles. The molecule has 1 rings (SSSR count). The first-order chi connectivity index (χ1) is 13.1. The highest BCUT2D eigenvalue weighted by atomic mass is 16.5. The Morgan fingerprint density at radius 1 is 1.00 bits per heavy atom. The van der Waals surface area contributed by atoms with Gasteiger partial charge in [-0.3, -0.25) is 4.79 Å². The minimum Gasteiger partial charge on any atom is -0.623 e. The number of esters is 1. The van der Waals surface area contributed by atoms with Crippen molar-refractivity contribution in [1.29, 1.82) is 0 Å². The molecule has 0 saturated carbocycles. The van der Waals surface area contributed by atoms with Gasteiger partial charge in [-0.25, -0.2) is 4.74 Å². The van der Waals surface area contributed by atoms with Gasteiger partial charge in [0.1, 0.15) is 5.75 Å². The summed E-state index contributed by atoms with van der Waals surface area (Å²) in [7, 11) is 0. The molecule has 4 nitrogen and oxygen atoms in total. The van der Waals surface area contributed by atoms with Crippen molar-refractivity contribution in [1.82, 2.24) is 0 Å². The number of benzene rings is 1. The van der Waals surface area contributed by atoms with Gasteiger partial charge in [-0.15, -0.1) is 0 Å². The summed E-state index contributed by atoms with van der Waals surface area (Å²) < 4.78 is 6.76. The zero-order valence-corrected chi connectivity index (χ0v) is 20.2. The van der Waals surface area contributed by atoms with E-state index in [0.29, 0.717) is 5.75 Å². The fourth-order valence-corrected chi connectivity index (χ4v) is 3.32. The van der Waals surface area contributed by atoms with E-state index in [1.165, 1.54) is 6.92 Å². The normalized spacial score (nSPS) is 13.5. The van der Waals surface area contributed by atoms with E-state index in [9.17, 15) is 10.0 Å². The summed E-state index contributed by atoms with van der Waals surface area (Å²) in [5, 5.41) is 13.0. The van der Waals surface area contributed by atoms with Crippen molar-refractivity contribution in [2.45, 2.75) is 111 Å². The van der Waals surface area contributed by atoms with E-state index in [4.69, 9.17) is 4.74 Å². The van der Waals surface area contributed by atoms with Gasteiger partial charge in [0.15, 0.2) is 11.8 Å². The molecule has 0 unspecified atom stereocenters. The molecule has 0 heterocycles. The predicted octanol–water partition coefficient (Wildman–Crippen LogP) is 6.50. The van der Waals surface area contributed by atoms with Gasteiger partial charge in [0.25, 0.3) is 0 Å². The van der Waals surface area contributed by atoms with Gasteiger partial charge in [0.05, 0.1) is 0 Å². The van der Waals surface area contributed by atoms with Crippen LogP contribution in [0.1, 0.15) is 112 Å². The topological polar surface area (TPSA) is 52.4 Å². The molecule has 0 aromatic heterocycles. The molecular weight excluding hydrogens is 362 g/mol. The Hall–Kier alpha value is -1.84. The number of unbranched alkanes of at least 4 members (excludes halogenated alkanes) is 2.